The topological polar surface area (TPSA) is 295 Å². The van der Waals surface area contributed by atoms with E-state index in [0.29, 0.717) is 6.42 Å². The molecule has 46 heavy (non-hydrogen) atoms. The molecule has 1 saturated heterocycles. The van der Waals surface area contributed by atoms with E-state index < -0.39 is 115 Å². The molecule has 0 bridgehead atoms. The van der Waals surface area contributed by atoms with Gasteiger partial charge in [0.25, 0.3) is 0 Å². The lowest BCUT2D eigenvalue weighted by Crippen LogP contribution is -2.61. The Morgan fingerprint density at radius 3 is 1.70 bits per heavy atom. The number of amides is 5. The summed E-state index contributed by atoms with van der Waals surface area (Å²) in [7, 11) is 0. The summed E-state index contributed by atoms with van der Waals surface area (Å²) < 4.78 is 0. The maximum atomic E-state index is 13.2. The fourth-order valence-electron chi connectivity index (χ4n) is 4.64. The largest absolute Gasteiger partial charge is 0.481 e. The molecule has 0 spiro atoms. The van der Waals surface area contributed by atoms with Crippen LogP contribution in [0.1, 0.15) is 66.2 Å². The second kappa shape index (κ2) is 18.6. The molecule has 6 atom stereocenters. The van der Waals surface area contributed by atoms with Gasteiger partial charge in [-0.1, -0.05) is 27.7 Å². The van der Waals surface area contributed by atoms with Gasteiger partial charge in [0.1, 0.15) is 30.2 Å². The molecule has 0 saturated carbocycles. The first kappa shape index (κ1) is 39.7. The first-order valence-corrected chi connectivity index (χ1v) is 15.0. The van der Waals surface area contributed by atoms with E-state index in [-0.39, 0.29) is 25.3 Å². The number of carboxylic acids is 3. The van der Waals surface area contributed by atoms with Crippen molar-refractivity contribution in [2.45, 2.75) is 102 Å². The molecule has 1 heterocycles. The average molecular weight is 659 g/mol. The van der Waals surface area contributed by atoms with Crippen LogP contribution in [0.15, 0.2) is 0 Å². The molecule has 1 fully saturated rings. The van der Waals surface area contributed by atoms with E-state index in [1.807, 2.05) is 0 Å². The molecule has 1 aliphatic rings. The van der Waals surface area contributed by atoms with Crippen molar-refractivity contribution in [1.29, 1.82) is 0 Å². The molecule has 0 aliphatic carbocycles. The summed E-state index contributed by atoms with van der Waals surface area (Å²) in [6.45, 7) is 5.55. The highest BCUT2D eigenvalue weighted by Crippen LogP contribution is 2.20. The van der Waals surface area contributed by atoms with Crippen molar-refractivity contribution in [1.82, 2.24) is 26.2 Å². The number of nitrogens with two attached hydrogens (primary N) is 1. The molecule has 1 rings (SSSR count). The lowest BCUT2D eigenvalue weighted by Gasteiger charge is -2.29. The average Bonchev–Trinajstić information content (AvgIpc) is 3.47. The Kier molecular flexibility index (Phi) is 16.1. The third-order valence-corrected chi connectivity index (χ3v) is 7.45. The van der Waals surface area contributed by atoms with Gasteiger partial charge in [0.2, 0.25) is 29.5 Å². The Balaban J connectivity index is 3.10. The van der Waals surface area contributed by atoms with Crippen LogP contribution >= 0.6 is 0 Å². The van der Waals surface area contributed by atoms with E-state index in [9.17, 15) is 48.6 Å². The van der Waals surface area contributed by atoms with Crippen LogP contribution in [0.3, 0.4) is 0 Å². The van der Waals surface area contributed by atoms with E-state index in [2.05, 4.69) is 21.3 Å². The van der Waals surface area contributed by atoms with E-state index >= 15 is 0 Å². The number of aliphatic hydroxyl groups is 1. The summed E-state index contributed by atoms with van der Waals surface area (Å²) in [6, 6.07) is -8.04. The summed E-state index contributed by atoms with van der Waals surface area (Å²) in [5, 5.41) is 47.0. The van der Waals surface area contributed by atoms with Gasteiger partial charge in [0, 0.05) is 19.4 Å². The number of aliphatic hydroxyl groups excluding tert-OH is 1. The molecule has 0 unspecified atom stereocenters. The lowest BCUT2D eigenvalue weighted by atomic mass is 10.0. The van der Waals surface area contributed by atoms with Crippen LogP contribution in [0, 0.1) is 11.8 Å². The fourth-order valence-corrected chi connectivity index (χ4v) is 4.64. The van der Waals surface area contributed by atoms with Gasteiger partial charge in [-0.15, -0.1) is 0 Å². The Hall–Kier alpha value is -4.32. The summed E-state index contributed by atoms with van der Waals surface area (Å²) in [5.41, 5.74) is 5.84. The monoisotopic (exact) mass is 658 g/mol. The van der Waals surface area contributed by atoms with E-state index in [1.165, 1.54) is 0 Å². The third kappa shape index (κ3) is 12.2. The van der Waals surface area contributed by atoms with Gasteiger partial charge in [-0.2, -0.15) is 0 Å². The molecule has 0 aromatic carbocycles. The highest BCUT2D eigenvalue weighted by atomic mass is 16.4. The van der Waals surface area contributed by atoms with Crippen LogP contribution < -0.4 is 27.0 Å². The summed E-state index contributed by atoms with van der Waals surface area (Å²) >= 11 is 0. The number of rotatable bonds is 19. The summed E-state index contributed by atoms with van der Waals surface area (Å²) in [4.78, 5) is 100. The van der Waals surface area contributed by atoms with Gasteiger partial charge in [0.15, 0.2) is 0 Å². The van der Waals surface area contributed by atoms with E-state index in [0.717, 1.165) is 4.90 Å². The Bertz CT molecular complexity index is 1150. The van der Waals surface area contributed by atoms with Crippen molar-refractivity contribution in [3.8, 4) is 0 Å². The third-order valence-electron chi connectivity index (χ3n) is 7.45. The number of nitrogens with zero attached hydrogens (tertiary/aromatic N) is 1. The number of hydrogen-bond acceptors (Lipinski definition) is 10. The quantitative estimate of drug-likeness (QED) is 0.0687. The molecule has 260 valence electrons. The van der Waals surface area contributed by atoms with Gasteiger partial charge in [-0.05, 0) is 37.5 Å². The lowest BCUT2D eigenvalue weighted by molar-refractivity contribution is -0.150. The van der Waals surface area contributed by atoms with Crippen molar-refractivity contribution in [3.63, 3.8) is 0 Å². The standard InChI is InChI=1S/C28H46N6O12/c1-13(2)21(29)25(42)30-15(7-9-19(36)37)23(40)33-22(14(3)4)26(43)32-17(12-35)24(41)31-16(8-10-20(38)39)27(44)34-11-5-6-18(34)28(45)46/h13-18,21-22,35H,5-12,29H2,1-4H3,(H,30,42)(H,31,41)(H,32,43)(H,33,40)(H,36,37)(H,38,39)(H,45,46)/t15-,16-,17-,18-,21-,22-/m0/s1. The van der Waals surface area contributed by atoms with Gasteiger partial charge < -0.3 is 52.3 Å². The van der Waals surface area contributed by atoms with Gasteiger partial charge >= 0.3 is 17.9 Å². The van der Waals surface area contributed by atoms with E-state index in [1.54, 1.807) is 27.7 Å². The van der Waals surface area contributed by atoms with Gasteiger partial charge in [-0.3, -0.25) is 33.6 Å². The zero-order valence-electron chi connectivity index (χ0n) is 26.4. The molecular formula is C28H46N6O12. The predicted octanol–water partition coefficient (Wildman–Crippen LogP) is -2.64. The van der Waals surface area contributed by atoms with Crippen LogP contribution in [0.2, 0.25) is 0 Å². The summed E-state index contributed by atoms with van der Waals surface area (Å²) in [5.74, 6) is -9.16. The normalized spacial score (nSPS) is 17.7. The van der Waals surface area contributed by atoms with Crippen LogP contribution in [-0.4, -0.2) is 122 Å². The van der Waals surface area contributed by atoms with Crippen LogP contribution in [0.4, 0.5) is 0 Å². The summed E-state index contributed by atoms with van der Waals surface area (Å²) in [6.07, 6.45) is -1.22. The molecule has 0 aromatic heterocycles. The number of likely N-dealkylation sites (tertiary alicyclic amines) is 1. The van der Waals surface area contributed by atoms with E-state index in [4.69, 9.17) is 15.9 Å². The number of carboxylic acid groups (broad SMARTS) is 3. The van der Waals surface area contributed by atoms with Gasteiger partial charge in [-0.25, -0.2) is 4.79 Å². The highest BCUT2D eigenvalue weighted by Gasteiger charge is 2.39. The molecule has 0 radical (unpaired) electrons. The molecular weight excluding hydrogens is 612 g/mol. The minimum absolute atomic E-state index is 0.0719. The molecule has 18 nitrogen and oxygen atoms in total. The Morgan fingerprint density at radius 1 is 0.717 bits per heavy atom. The van der Waals surface area contributed by atoms with Crippen molar-refractivity contribution in [3.05, 3.63) is 0 Å². The zero-order chi connectivity index (χ0) is 35.3. The van der Waals surface area contributed by atoms with Crippen LogP contribution in [-0.2, 0) is 38.4 Å². The number of nitrogens with one attached hydrogen (secondary N) is 4. The SMILES string of the molecule is CC(C)[C@H](N)C(=O)N[C@@H](CCC(=O)O)C(=O)N[C@H](C(=O)N[C@@H](CO)C(=O)N[C@@H](CCC(=O)O)C(=O)N1CCC[C@H]1C(=O)O)C(C)C. The maximum Gasteiger partial charge on any atom is 0.326 e. The molecule has 0 aromatic rings. The molecule has 5 amide bonds. The number of carbonyl (C=O) groups excluding carboxylic acids is 5. The highest BCUT2D eigenvalue weighted by molar-refractivity contribution is 5.96. The van der Waals surface area contributed by atoms with Crippen LogP contribution in [0.25, 0.3) is 0 Å². The van der Waals surface area contributed by atoms with Gasteiger partial charge in [0.05, 0.1) is 12.6 Å². The second-order valence-electron chi connectivity index (χ2n) is 11.8. The maximum absolute atomic E-state index is 13.2. The predicted molar refractivity (Wildman–Crippen MR) is 159 cm³/mol. The number of hydrogen-bond donors (Lipinski definition) is 9. The minimum Gasteiger partial charge on any atom is -0.481 e. The first-order valence-electron chi connectivity index (χ1n) is 15.0. The van der Waals surface area contributed by atoms with Crippen molar-refractivity contribution >= 4 is 47.4 Å². The number of carbonyl (C=O) groups is 8. The van der Waals surface area contributed by atoms with Crippen LogP contribution in [0.5, 0.6) is 0 Å². The smallest absolute Gasteiger partial charge is 0.326 e. The van der Waals surface area contributed by atoms with Crippen molar-refractivity contribution in [2.24, 2.45) is 17.6 Å². The van der Waals surface area contributed by atoms with Crippen molar-refractivity contribution in [2.75, 3.05) is 13.2 Å². The zero-order valence-corrected chi connectivity index (χ0v) is 26.4. The number of aliphatic carboxylic acids is 3. The molecule has 10 N–H and O–H groups in total. The Morgan fingerprint density at radius 2 is 1.22 bits per heavy atom. The fraction of sp³-hybridized carbons (Fsp3) is 0.714. The van der Waals surface area contributed by atoms with Crippen molar-refractivity contribution < 1.29 is 58.8 Å². The minimum atomic E-state index is -1.67. The molecule has 18 heteroatoms. The second-order valence-corrected chi connectivity index (χ2v) is 11.8. The Labute approximate surface area is 265 Å². The molecule has 1 aliphatic heterocycles. The first-order chi connectivity index (χ1) is 21.4.